The van der Waals surface area contributed by atoms with E-state index >= 15 is 0 Å². The molecule has 0 radical (unpaired) electrons. The van der Waals surface area contributed by atoms with Gasteiger partial charge in [0, 0.05) is 17.7 Å². The highest BCUT2D eigenvalue weighted by molar-refractivity contribution is 6.06. The Labute approximate surface area is 154 Å². The largest absolute Gasteiger partial charge is 0.488 e. The third kappa shape index (κ3) is 4.41. The lowest BCUT2D eigenvalue weighted by molar-refractivity contribution is -0.384. The van der Waals surface area contributed by atoms with Gasteiger partial charge in [0.05, 0.1) is 22.3 Å². The molecule has 0 heterocycles. The number of hydrogen-bond acceptors (Lipinski definition) is 5. The first-order valence-electron chi connectivity index (χ1n) is 8.54. The Morgan fingerprint density at radius 3 is 2.44 bits per heavy atom. The Morgan fingerprint density at radius 2 is 1.78 bits per heavy atom. The van der Waals surface area contributed by atoms with Crippen LogP contribution in [0.3, 0.4) is 0 Å². The highest BCUT2D eigenvalue weighted by Gasteiger charge is 2.20. The fourth-order valence-corrected chi connectivity index (χ4v) is 3.02. The predicted octanol–water partition coefficient (Wildman–Crippen LogP) is 3.87. The molecule has 0 aliphatic heterocycles. The molecule has 1 saturated carbocycles. The summed E-state index contributed by atoms with van der Waals surface area (Å²) < 4.78 is 5.95. The molecule has 1 fully saturated rings. The predicted molar refractivity (Wildman–Crippen MR) is 97.3 cm³/mol. The Bertz CT molecular complexity index is 857. The number of nitro groups is 1. The van der Waals surface area contributed by atoms with Crippen molar-refractivity contribution in [3.05, 3.63) is 63.7 Å². The number of carboxylic acids is 1. The highest BCUT2D eigenvalue weighted by atomic mass is 16.6. The summed E-state index contributed by atoms with van der Waals surface area (Å²) in [6.07, 6.45) is 4.21. The first kappa shape index (κ1) is 18.4. The molecule has 0 spiro atoms. The van der Waals surface area contributed by atoms with Gasteiger partial charge in [-0.1, -0.05) is 12.1 Å². The van der Waals surface area contributed by atoms with Crippen molar-refractivity contribution >= 4 is 23.3 Å². The van der Waals surface area contributed by atoms with E-state index in [4.69, 9.17) is 9.84 Å². The number of benzene rings is 2. The number of amides is 1. The third-order valence-corrected chi connectivity index (χ3v) is 4.37. The van der Waals surface area contributed by atoms with Gasteiger partial charge < -0.3 is 15.2 Å². The zero-order valence-corrected chi connectivity index (χ0v) is 14.4. The van der Waals surface area contributed by atoms with Crippen molar-refractivity contribution in [3.8, 4) is 5.75 Å². The number of carbonyl (C=O) groups excluding carboxylic acids is 1. The molecule has 0 unspecified atom stereocenters. The Balaban J connectivity index is 1.85. The van der Waals surface area contributed by atoms with Gasteiger partial charge in [-0.3, -0.25) is 14.9 Å². The van der Waals surface area contributed by atoms with Crippen LogP contribution in [0, 0.1) is 10.1 Å². The molecule has 0 atom stereocenters. The molecule has 140 valence electrons. The van der Waals surface area contributed by atoms with Crippen molar-refractivity contribution in [2.75, 3.05) is 5.32 Å². The van der Waals surface area contributed by atoms with Crippen LogP contribution in [-0.4, -0.2) is 28.0 Å². The van der Waals surface area contributed by atoms with E-state index < -0.39 is 22.5 Å². The lowest BCUT2D eigenvalue weighted by atomic mass is 10.1. The molecular formula is C19H18N2O6. The maximum atomic E-state index is 12.6. The molecular weight excluding hydrogens is 352 g/mol. The first-order chi connectivity index (χ1) is 12.9. The van der Waals surface area contributed by atoms with Gasteiger partial charge in [-0.2, -0.15) is 0 Å². The maximum absolute atomic E-state index is 12.6. The Kier molecular flexibility index (Phi) is 5.35. The summed E-state index contributed by atoms with van der Waals surface area (Å²) in [7, 11) is 0. The number of rotatable bonds is 6. The summed E-state index contributed by atoms with van der Waals surface area (Å²) in [5, 5.41) is 22.8. The van der Waals surface area contributed by atoms with Crippen LogP contribution >= 0.6 is 0 Å². The van der Waals surface area contributed by atoms with Gasteiger partial charge in [-0.15, -0.1) is 0 Å². The van der Waals surface area contributed by atoms with E-state index in [0.29, 0.717) is 11.4 Å². The topological polar surface area (TPSA) is 119 Å². The summed E-state index contributed by atoms with van der Waals surface area (Å²) in [6, 6.07) is 9.98. The summed E-state index contributed by atoms with van der Waals surface area (Å²) in [5.74, 6) is -1.48. The normalized spacial score (nSPS) is 13.9. The number of carbonyl (C=O) groups is 2. The van der Waals surface area contributed by atoms with Crippen LogP contribution < -0.4 is 10.1 Å². The second-order valence-electron chi connectivity index (χ2n) is 6.31. The van der Waals surface area contributed by atoms with Crippen molar-refractivity contribution in [1.82, 2.24) is 0 Å². The molecule has 0 bridgehead atoms. The molecule has 2 aromatic carbocycles. The SMILES string of the molecule is O=C(O)c1cc(C(=O)Nc2ccccc2OC2CCCC2)cc([N+](=O)[O-])c1. The average Bonchev–Trinajstić information content (AvgIpc) is 3.16. The standard InChI is InChI=1S/C19H18N2O6/c22-18(12-9-13(19(23)24)11-14(10-12)21(25)26)20-16-7-3-4-8-17(16)27-15-5-1-2-6-15/h3-4,7-11,15H,1-2,5-6H2,(H,20,22)(H,23,24). The van der Waals surface area contributed by atoms with Crippen LogP contribution in [-0.2, 0) is 0 Å². The van der Waals surface area contributed by atoms with E-state index in [2.05, 4.69) is 5.32 Å². The van der Waals surface area contributed by atoms with Crippen LogP contribution in [0.2, 0.25) is 0 Å². The van der Waals surface area contributed by atoms with Gasteiger partial charge in [0.25, 0.3) is 11.6 Å². The van der Waals surface area contributed by atoms with Gasteiger partial charge in [0.15, 0.2) is 0 Å². The van der Waals surface area contributed by atoms with Crippen LogP contribution in [0.5, 0.6) is 5.75 Å². The molecule has 2 N–H and O–H groups in total. The third-order valence-electron chi connectivity index (χ3n) is 4.37. The zero-order chi connectivity index (χ0) is 19.4. The molecule has 1 amide bonds. The van der Waals surface area contributed by atoms with Crippen molar-refractivity contribution in [3.63, 3.8) is 0 Å². The van der Waals surface area contributed by atoms with Gasteiger partial charge in [0.1, 0.15) is 5.75 Å². The van der Waals surface area contributed by atoms with Crippen LogP contribution in [0.4, 0.5) is 11.4 Å². The van der Waals surface area contributed by atoms with E-state index in [1.807, 2.05) is 0 Å². The number of para-hydroxylation sites is 2. The lowest BCUT2D eigenvalue weighted by Crippen LogP contribution is -2.16. The number of nitrogens with zero attached hydrogens (tertiary/aromatic N) is 1. The van der Waals surface area contributed by atoms with E-state index in [1.54, 1.807) is 24.3 Å². The molecule has 0 aromatic heterocycles. The monoisotopic (exact) mass is 370 g/mol. The van der Waals surface area contributed by atoms with E-state index in [-0.39, 0.29) is 17.2 Å². The van der Waals surface area contributed by atoms with Crippen molar-refractivity contribution in [2.45, 2.75) is 31.8 Å². The molecule has 8 nitrogen and oxygen atoms in total. The summed E-state index contributed by atoms with van der Waals surface area (Å²) in [4.78, 5) is 34.0. The second-order valence-corrected chi connectivity index (χ2v) is 6.31. The molecule has 0 saturated heterocycles. The van der Waals surface area contributed by atoms with Crippen molar-refractivity contribution in [1.29, 1.82) is 0 Å². The summed E-state index contributed by atoms with van der Waals surface area (Å²) in [5.41, 5.74) is -0.476. The van der Waals surface area contributed by atoms with Crippen molar-refractivity contribution in [2.24, 2.45) is 0 Å². The fraction of sp³-hybridized carbons (Fsp3) is 0.263. The summed E-state index contributed by atoms with van der Waals surface area (Å²) in [6.45, 7) is 0. The molecule has 2 aromatic rings. The lowest BCUT2D eigenvalue weighted by Gasteiger charge is -2.17. The fourth-order valence-electron chi connectivity index (χ4n) is 3.02. The van der Waals surface area contributed by atoms with Gasteiger partial charge >= 0.3 is 5.97 Å². The van der Waals surface area contributed by atoms with Gasteiger partial charge in [-0.05, 0) is 43.9 Å². The molecule has 3 rings (SSSR count). The van der Waals surface area contributed by atoms with Crippen LogP contribution in [0.1, 0.15) is 46.4 Å². The van der Waals surface area contributed by atoms with Gasteiger partial charge in [0.2, 0.25) is 0 Å². The number of nitro benzene ring substituents is 1. The molecule has 1 aliphatic rings. The maximum Gasteiger partial charge on any atom is 0.335 e. The number of hydrogen-bond donors (Lipinski definition) is 2. The van der Waals surface area contributed by atoms with E-state index in [9.17, 15) is 19.7 Å². The van der Waals surface area contributed by atoms with Gasteiger partial charge in [-0.25, -0.2) is 4.79 Å². The number of ether oxygens (including phenoxy) is 1. The molecule has 8 heteroatoms. The number of anilines is 1. The number of aromatic carboxylic acids is 1. The van der Waals surface area contributed by atoms with Crippen molar-refractivity contribution < 1.29 is 24.4 Å². The Hall–Kier alpha value is -3.42. The second kappa shape index (κ2) is 7.86. The highest BCUT2D eigenvalue weighted by Crippen LogP contribution is 2.30. The quantitative estimate of drug-likeness (QED) is 0.588. The Morgan fingerprint density at radius 1 is 1.11 bits per heavy atom. The number of nitrogens with one attached hydrogen (secondary N) is 1. The minimum absolute atomic E-state index is 0.0967. The van der Waals surface area contributed by atoms with Crippen LogP contribution in [0.15, 0.2) is 42.5 Å². The van der Waals surface area contributed by atoms with E-state index in [1.165, 1.54) is 0 Å². The minimum atomic E-state index is -1.35. The molecule has 1 aliphatic carbocycles. The smallest absolute Gasteiger partial charge is 0.335 e. The average molecular weight is 370 g/mol. The minimum Gasteiger partial charge on any atom is -0.488 e. The zero-order valence-electron chi connectivity index (χ0n) is 14.4. The summed E-state index contributed by atoms with van der Waals surface area (Å²) >= 11 is 0. The number of carboxylic acid groups (broad SMARTS) is 1. The molecule has 27 heavy (non-hydrogen) atoms. The first-order valence-corrected chi connectivity index (χ1v) is 8.54. The van der Waals surface area contributed by atoms with E-state index in [0.717, 1.165) is 43.9 Å². The van der Waals surface area contributed by atoms with Crippen LogP contribution in [0.25, 0.3) is 0 Å². The number of non-ortho nitro benzene ring substituents is 1.